The van der Waals surface area contributed by atoms with Crippen molar-refractivity contribution in [3.05, 3.63) is 29.3 Å². The van der Waals surface area contributed by atoms with E-state index in [0.717, 1.165) is 43.6 Å². The second kappa shape index (κ2) is 5.15. The molecule has 1 amide bonds. The van der Waals surface area contributed by atoms with Crippen molar-refractivity contribution in [3.63, 3.8) is 0 Å². The number of carbonyl (C=O) groups is 2. The van der Waals surface area contributed by atoms with Crippen LogP contribution in [-0.4, -0.2) is 36.1 Å². The number of nitrogens with zero attached hydrogens (tertiary/aromatic N) is 1. The average molecular weight is 274 g/mol. The molecule has 2 heterocycles. The molecular formula is C15H18N2O3. The van der Waals surface area contributed by atoms with Crippen LogP contribution in [0.4, 0.5) is 5.69 Å². The van der Waals surface area contributed by atoms with Gasteiger partial charge < -0.3 is 15.3 Å². The highest BCUT2D eigenvalue weighted by Crippen LogP contribution is 2.32. The molecule has 2 aliphatic rings. The number of amides is 1. The van der Waals surface area contributed by atoms with Crippen LogP contribution < -0.4 is 10.2 Å². The fourth-order valence-electron chi connectivity index (χ4n) is 3.16. The molecule has 1 unspecified atom stereocenters. The van der Waals surface area contributed by atoms with Crippen molar-refractivity contribution in [2.75, 3.05) is 18.0 Å². The number of benzene rings is 1. The summed E-state index contributed by atoms with van der Waals surface area (Å²) >= 11 is 0. The second-order valence-corrected chi connectivity index (χ2v) is 5.44. The SMILES string of the molecule is O=C1CC(N2CCc3cc(C(=O)O)ccc32)CCCN1. The molecule has 1 saturated heterocycles. The van der Waals surface area contributed by atoms with Crippen LogP contribution >= 0.6 is 0 Å². The molecule has 0 saturated carbocycles. The Morgan fingerprint density at radius 3 is 3.05 bits per heavy atom. The maximum Gasteiger partial charge on any atom is 0.335 e. The van der Waals surface area contributed by atoms with Gasteiger partial charge in [0.1, 0.15) is 0 Å². The van der Waals surface area contributed by atoms with Crippen LogP contribution in [0.5, 0.6) is 0 Å². The van der Waals surface area contributed by atoms with Crippen molar-refractivity contribution >= 4 is 17.6 Å². The van der Waals surface area contributed by atoms with E-state index in [2.05, 4.69) is 10.2 Å². The highest BCUT2D eigenvalue weighted by Gasteiger charge is 2.29. The number of carbonyl (C=O) groups excluding carboxylic acids is 1. The molecular weight excluding hydrogens is 256 g/mol. The maximum atomic E-state index is 11.7. The number of nitrogens with one attached hydrogen (secondary N) is 1. The quantitative estimate of drug-likeness (QED) is 0.855. The Morgan fingerprint density at radius 2 is 2.25 bits per heavy atom. The number of carboxylic acid groups (broad SMARTS) is 1. The molecule has 2 N–H and O–H groups in total. The number of carboxylic acids is 1. The third kappa shape index (κ3) is 2.35. The van der Waals surface area contributed by atoms with E-state index < -0.39 is 5.97 Å². The van der Waals surface area contributed by atoms with Crippen molar-refractivity contribution in [1.29, 1.82) is 0 Å². The Labute approximate surface area is 117 Å². The largest absolute Gasteiger partial charge is 0.478 e. The Hall–Kier alpha value is -2.04. The second-order valence-electron chi connectivity index (χ2n) is 5.44. The summed E-state index contributed by atoms with van der Waals surface area (Å²) in [5, 5.41) is 11.9. The summed E-state index contributed by atoms with van der Waals surface area (Å²) in [6.07, 6.45) is 3.38. The van der Waals surface area contributed by atoms with Crippen LogP contribution in [-0.2, 0) is 11.2 Å². The smallest absolute Gasteiger partial charge is 0.335 e. The number of hydrogen-bond acceptors (Lipinski definition) is 3. The van der Waals surface area contributed by atoms with Crippen LogP contribution in [0, 0.1) is 0 Å². The molecule has 0 aliphatic carbocycles. The van der Waals surface area contributed by atoms with Gasteiger partial charge in [-0.05, 0) is 43.0 Å². The van der Waals surface area contributed by atoms with Crippen molar-refractivity contribution < 1.29 is 14.7 Å². The third-order valence-corrected chi connectivity index (χ3v) is 4.16. The first-order valence-corrected chi connectivity index (χ1v) is 7.05. The molecule has 0 aromatic heterocycles. The van der Waals surface area contributed by atoms with Gasteiger partial charge in [-0.25, -0.2) is 4.79 Å². The maximum absolute atomic E-state index is 11.7. The van der Waals surface area contributed by atoms with Crippen molar-refractivity contribution in [2.45, 2.75) is 31.7 Å². The minimum Gasteiger partial charge on any atom is -0.478 e. The van der Waals surface area contributed by atoms with E-state index >= 15 is 0 Å². The van der Waals surface area contributed by atoms with Gasteiger partial charge in [-0.15, -0.1) is 0 Å². The molecule has 3 rings (SSSR count). The Bertz CT molecular complexity index is 556. The molecule has 0 radical (unpaired) electrons. The number of fused-ring (bicyclic) bond motifs is 1. The van der Waals surface area contributed by atoms with Crippen LogP contribution in [0.15, 0.2) is 18.2 Å². The molecule has 1 fully saturated rings. The van der Waals surface area contributed by atoms with Crippen LogP contribution in [0.1, 0.15) is 35.2 Å². The van der Waals surface area contributed by atoms with Gasteiger partial charge in [0.2, 0.25) is 5.91 Å². The first-order chi connectivity index (χ1) is 9.65. The summed E-state index contributed by atoms with van der Waals surface area (Å²) in [6.45, 7) is 1.63. The van der Waals surface area contributed by atoms with Gasteiger partial charge in [-0.1, -0.05) is 0 Å². The summed E-state index contributed by atoms with van der Waals surface area (Å²) < 4.78 is 0. The van der Waals surface area contributed by atoms with E-state index in [1.54, 1.807) is 12.1 Å². The van der Waals surface area contributed by atoms with E-state index in [4.69, 9.17) is 5.11 Å². The van der Waals surface area contributed by atoms with Crippen molar-refractivity contribution in [3.8, 4) is 0 Å². The molecule has 2 aliphatic heterocycles. The molecule has 1 atom stereocenters. The third-order valence-electron chi connectivity index (χ3n) is 4.16. The van der Waals surface area contributed by atoms with Crippen molar-refractivity contribution in [2.24, 2.45) is 0 Å². The zero-order chi connectivity index (χ0) is 14.1. The molecule has 5 heteroatoms. The van der Waals surface area contributed by atoms with Crippen molar-refractivity contribution in [1.82, 2.24) is 5.32 Å². The van der Waals surface area contributed by atoms with Gasteiger partial charge in [0.05, 0.1) is 5.56 Å². The zero-order valence-corrected chi connectivity index (χ0v) is 11.3. The summed E-state index contributed by atoms with van der Waals surface area (Å²) in [6, 6.07) is 5.52. The molecule has 0 spiro atoms. The molecule has 106 valence electrons. The lowest BCUT2D eigenvalue weighted by molar-refractivity contribution is -0.121. The van der Waals surface area contributed by atoms with E-state index in [-0.39, 0.29) is 11.9 Å². The Kier molecular flexibility index (Phi) is 3.34. The average Bonchev–Trinajstić information content (AvgIpc) is 2.73. The fraction of sp³-hybridized carbons (Fsp3) is 0.467. The molecule has 1 aromatic rings. The first-order valence-electron chi connectivity index (χ1n) is 7.05. The highest BCUT2D eigenvalue weighted by molar-refractivity contribution is 5.89. The number of anilines is 1. The monoisotopic (exact) mass is 274 g/mol. The van der Waals surface area contributed by atoms with Crippen LogP contribution in [0.25, 0.3) is 0 Å². The number of rotatable bonds is 2. The number of aromatic carboxylic acids is 1. The van der Waals surface area contributed by atoms with Crippen LogP contribution in [0.2, 0.25) is 0 Å². The Morgan fingerprint density at radius 1 is 1.40 bits per heavy atom. The van der Waals surface area contributed by atoms with Gasteiger partial charge in [0.25, 0.3) is 0 Å². The van der Waals surface area contributed by atoms with E-state index in [9.17, 15) is 9.59 Å². The predicted octanol–water partition coefficient (Wildman–Crippen LogP) is 1.42. The lowest BCUT2D eigenvalue weighted by atomic mass is 10.1. The normalized spacial score (nSPS) is 22.1. The standard InChI is InChI=1S/C15H18N2O3/c18-14-9-12(2-1-6-16-14)17-7-5-10-8-11(15(19)20)3-4-13(10)17/h3-4,8,12H,1-2,5-7,9H2,(H,16,18)(H,19,20). The fourth-order valence-corrected chi connectivity index (χ4v) is 3.16. The van der Waals surface area contributed by atoms with Gasteiger partial charge in [-0.2, -0.15) is 0 Å². The van der Waals surface area contributed by atoms with Gasteiger partial charge in [-0.3, -0.25) is 4.79 Å². The Balaban J connectivity index is 1.85. The zero-order valence-electron chi connectivity index (χ0n) is 11.3. The molecule has 1 aromatic carbocycles. The topological polar surface area (TPSA) is 69.6 Å². The summed E-state index contributed by atoms with van der Waals surface area (Å²) in [4.78, 5) is 25.0. The molecule has 20 heavy (non-hydrogen) atoms. The van der Waals surface area contributed by atoms with Gasteiger partial charge in [0, 0.05) is 31.2 Å². The molecule has 0 bridgehead atoms. The lowest BCUT2D eigenvalue weighted by Crippen LogP contribution is -2.36. The molecule has 5 nitrogen and oxygen atoms in total. The van der Waals surface area contributed by atoms with Gasteiger partial charge in [0.15, 0.2) is 0 Å². The van der Waals surface area contributed by atoms with Crippen LogP contribution in [0.3, 0.4) is 0 Å². The minimum absolute atomic E-state index is 0.114. The first kappa shape index (κ1) is 13.0. The summed E-state index contributed by atoms with van der Waals surface area (Å²) in [7, 11) is 0. The van der Waals surface area contributed by atoms with E-state index in [0.29, 0.717) is 12.0 Å². The number of hydrogen-bond donors (Lipinski definition) is 2. The summed E-state index contributed by atoms with van der Waals surface area (Å²) in [5.41, 5.74) is 2.51. The summed E-state index contributed by atoms with van der Waals surface area (Å²) in [5.74, 6) is -0.775. The van der Waals surface area contributed by atoms with E-state index in [1.807, 2.05) is 6.07 Å². The highest BCUT2D eigenvalue weighted by atomic mass is 16.4. The van der Waals surface area contributed by atoms with Gasteiger partial charge >= 0.3 is 5.97 Å². The lowest BCUT2D eigenvalue weighted by Gasteiger charge is -2.28. The minimum atomic E-state index is -0.889. The van der Waals surface area contributed by atoms with E-state index in [1.165, 1.54) is 0 Å². The predicted molar refractivity (Wildman–Crippen MR) is 75.1 cm³/mol.